The number of carbonyl (C=O) groups is 1. The maximum Gasteiger partial charge on any atom is 0.123 e. The van der Waals surface area contributed by atoms with Crippen molar-refractivity contribution in [2.24, 2.45) is 11.3 Å². The molecule has 0 amide bonds. The van der Waals surface area contributed by atoms with Crippen LogP contribution in [0, 0.1) is 22.7 Å². The molecule has 3 heteroatoms. The standard InChI is InChI=1S/C12H18N2O/c13-6-5-12(3-4-12)10-14-7-1-11(9-15)2-8-14/h9,11H,1-5,7-8,10H2. The van der Waals surface area contributed by atoms with Gasteiger partial charge in [0, 0.05) is 18.9 Å². The quantitative estimate of drug-likeness (QED) is 0.656. The van der Waals surface area contributed by atoms with E-state index in [1.807, 2.05) is 0 Å². The Morgan fingerprint density at radius 3 is 2.53 bits per heavy atom. The summed E-state index contributed by atoms with van der Waals surface area (Å²) < 4.78 is 0. The van der Waals surface area contributed by atoms with Crippen molar-refractivity contribution in [2.45, 2.75) is 32.1 Å². The number of aldehydes is 1. The predicted octanol–water partition coefficient (Wildman–Crippen LogP) is 1.59. The van der Waals surface area contributed by atoms with Crippen LogP contribution in [-0.2, 0) is 4.79 Å². The lowest BCUT2D eigenvalue weighted by Crippen LogP contribution is -2.38. The maximum atomic E-state index is 10.6. The lowest BCUT2D eigenvalue weighted by atomic mass is 9.96. The fraction of sp³-hybridized carbons (Fsp3) is 0.833. The van der Waals surface area contributed by atoms with Crippen molar-refractivity contribution in [1.29, 1.82) is 5.26 Å². The first-order valence-electron chi connectivity index (χ1n) is 5.83. The van der Waals surface area contributed by atoms with Gasteiger partial charge in [-0.25, -0.2) is 0 Å². The van der Waals surface area contributed by atoms with Crippen LogP contribution >= 0.6 is 0 Å². The molecule has 0 bridgehead atoms. The molecule has 0 spiro atoms. The number of piperidine rings is 1. The van der Waals surface area contributed by atoms with E-state index in [1.54, 1.807) is 0 Å². The summed E-state index contributed by atoms with van der Waals surface area (Å²) in [6.45, 7) is 3.15. The van der Waals surface area contributed by atoms with Crippen LogP contribution in [0.25, 0.3) is 0 Å². The Hall–Kier alpha value is -0.880. The van der Waals surface area contributed by atoms with Crippen molar-refractivity contribution >= 4 is 6.29 Å². The van der Waals surface area contributed by atoms with Gasteiger partial charge in [0.2, 0.25) is 0 Å². The number of nitriles is 1. The summed E-state index contributed by atoms with van der Waals surface area (Å²) >= 11 is 0. The predicted molar refractivity (Wildman–Crippen MR) is 57.1 cm³/mol. The highest BCUT2D eigenvalue weighted by Crippen LogP contribution is 2.49. The number of carbonyl (C=O) groups excluding carboxylic acids is 1. The van der Waals surface area contributed by atoms with Gasteiger partial charge in [0.05, 0.1) is 6.07 Å². The van der Waals surface area contributed by atoms with E-state index in [2.05, 4.69) is 11.0 Å². The molecule has 15 heavy (non-hydrogen) atoms. The Labute approximate surface area is 91.1 Å². The van der Waals surface area contributed by atoms with E-state index in [9.17, 15) is 4.79 Å². The van der Waals surface area contributed by atoms with E-state index in [-0.39, 0.29) is 5.92 Å². The maximum absolute atomic E-state index is 10.6. The average Bonchev–Trinajstić information content (AvgIpc) is 3.00. The molecule has 2 rings (SSSR count). The van der Waals surface area contributed by atoms with E-state index in [4.69, 9.17) is 5.26 Å². The first kappa shape index (κ1) is 10.6. The van der Waals surface area contributed by atoms with Crippen LogP contribution in [0.3, 0.4) is 0 Å². The Bertz CT molecular complexity index is 270. The van der Waals surface area contributed by atoms with Crippen LogP contribution < -0.4 is 0 Å². The molecular formula is C12H18N2O. The van der Waals surface area contributed by atoms with E-state index in [0.29, 0.717) is 11.8 Å². The molecule has 1 saturated heterocycles. The fourth-order valence-electron chi connectivity index (χ4n) is 2.46. The Kier molecular flexibility index (Phi) is 3.06. The van der Waals surface area contributed by atoms with Gasteiger partial charge in [-0.3, -0.25) is 0 Å². The molecule has 82 valence electrons. The minimum Gasteiger partial charge on any atom is -0.303 e. The van der Waals surface area contributed by atoms with Crippen LogP contribution in [0.5, 0.6) is 0 Å². The smallest absolute Gasteiger partial charge is 0.123 e. The van der Waals surface area contributed by atoms with Crippen molar-refractivity contribution in [2.75, 3.05) is 19.6 Å². The molecule has 1 aliphatic heterocycles. The molecule has 1 heterocycles. The van der Waals surface area contributed by atoms with Crippen molar-refractivity contribution < 1.29 is 4.79 Å². The summed E-state index contributed by atoms with van der Waals surface area (Å²) in [6, 6.07) is 2.30. The number of hydrogen-bond acceptors (Lipinski definition) is 3. The number of nitrogens with zero attached hydrogens (tertiary/aromatic N) is 2. The first-order valence-corrected chi connectivity index (χ1v) is 5.83. The van der Waals surface area contributed by atoms with Gasteiger partial charge < -0.3 is 9.69 Å². The van der Waals surface area contributed by atoms with Crippen molar-refractivity contribution in [1.82, 2.24) is 4.90 Å². The van der Waals surface area contributed by atoms with E-state index in [1.165, 1.54) is 12.8 Å². The average molecular weight is 206 g/mol. The van der Waals surface area contributed by atoms with Crippen molar-refractivity contribution in [3.05, 3.63) is 0 Å². The lowest BCUT2D eigenvalue weighted by molar-refractivity contribution is -0.112. The summed E-state index contributed by atoms with van der Waals surface area (Å²) in [6.07, 6.45) is 6.25. The highest BCUT2D eigenvalue weighted by molar-refractivity contribution is 5.53. The largest absolute Gasteiger partial charge is 0.303 e. The molecule has 2 aliphatic rings. The molecule has 0 atom stereocenters. The lowest BCUT2D eigenvalue weighted by Gasteiger charge is -2.32. The van der Waals surface area contributed by atoms with E-state index in [0.717, 1.165) is 38.8 Å². The molecule has 0 aromatic rings. The van der Waals surface area contributed by atoms with Gasteiger partial charge in [-0.1, -0.05) is 0 Å². The third-order valence-electron chi connectivity index (χ3n) is 3.79. The van der Waals surface area contributed by atoms with Crippen LogP contribution in [0.2, 0.25) is 0 Å². The minimum atomic E-state index is 0.285. The van der Waals surface area contributed by atoms with Gasteiger partial charge in [0.15, 0.2) is 0 Å². The van der Waals surface area contributed by atoms with Gasteiger partial charge >= 0.3 is 0 Å². The fourth-order valence-corrected chi connectivity index (χ4v) is 2.46. The highest BCUT2D eigenvalue weighted by atomic mass is 16.1. The molecule has 0 aromatic heterocycles. The Morgan fingerprint density at radius 2 is 2.07 bits per heavy atom. The topological polar surface area (TPSA) is 44.1 Å². The normalized spacial score (nSPS) is 25.8. The zero-order valence-electron chi connectivity index (χ0n) is 9.11. The third-order valence-corrected chi connectivity index (χ3v) is 3.79. The molecule has 0 N–H and O–H groups in total. The van der Waals surface area contributed by atoms with E-state index < -0.39 is 0 Å². The third kappa shape index (κ3) is 2.57. The van der Waals surface area contributed by atoms with Gasteiger partial charge in [-0.15, -0.1) is 0 Å². The highest BCUT2D eigenvalue weighted by Gasteiger charge is 2.43. The van der Waals surface area contributed by atoms with Crippen LogP contribution in [-0.4, -0.2) is 30.8 Å². The van der Waals surface area contributed by atoms with Crippen LogP contribution in [0.1, 0.15) is 32.1 Å². The summed E-state index contributed by atoms with van der Waals surface area (Å²) in [5.74, 6) is 0.285. The first-order chi connectivity index (χ1) is 7.28. The monoisotopic (exact) mass is 206 g/mol. The second-order valence-corrected chi connectivity index (χ2v) is 5.08. The SMILES string of the molecule is N#CCC1(CN2CCC(C=O)CC2)CC1. The molecule has 0 radical (unpaired) electrons. The molecule has 2 fully saturated rings. The molecular weight excluding hydrogens is 188 g/mol. The van der Waals surface area contributed by atoms with Crippen molar-refractivity contribution in [3.63, 3.8) is 0 Å². The summed E-state index contributed by atoms with van der Waals surface area (Å²) in [4.78, 5) is 13.0. The molecule has 1 aliphatic carbocycles. The molecule has 1 saturated carbocycles. The molecule has 0 unspecified atom stereocenters. The zero-order chi connectivity index (χ0) is 10.7. The summed E-state index contributed by atoms with van der Waals surface area (Å²) in [5, 5.41) is 8.74. The van der Waals surface area contributed by atoms with Crippen molar-refractivity contribution in [3.8, 4) is 6.07 Å². The van der Waals surface area contributed by atoms with Gasteiger partial charge in [-0.05, 0) is 44.2 Å². The van der Waals surface area contributed by atoms with Gasteiger partial charge in [-0.2, -0.15) is 5.26 Å². The number of hydrogen-bond donors (Lipinski definition) is 0. The number of rotatable bonds is 4. The number of likely N-dealkylation sites (tertiary alicyclic amines) is 1. The Morgan fingerprint density at radius 1 is 1.40 bits per heavy atom. The summed E-state index contributed by atoms with van der Waals surface area (Å²) in [5.41, 5.74) is 0.322. The van der Waals surface area contributed by atoms with Gasteiger partial charge in [0.25, 0.3) is 0 Å². The van der Waals surface area contributed by atoms with Gasteiger partial charge in [0.1, 0.15) is 6.29 Å². The van der Waals surface area contributed by atoms with Crippen LogP contribution in [0.4, 0.5) is 0 Å². The van der Waals surface area contributed by atoms with E-state index >= 15 is 0 Å². The molecule has 3 nitrogen and oxygen atoms in total. The second kappa shape index (κ2) is 4.32. The zero-order valence-corrected chi connectivity index (χ0v) is 9.11. The summed E-state index contributed by atoms with van der Waals surface area (Å²) in [7, 11) is 0. The minimum absolute atomic E-state index is 0.285. The van der Waals surface area contributed by atoms with Crippen LogP contribution in [0.15, 0.2) is 0 Å². The molecule has 0 aromatic carbocycles. The Balaban J connectivity index is 1.77. The second-order valence-electron chi connectivity index (χ2n) is 5.08.